The third kappa shape index (κ3) is 2.27. The van der Waals surface area contributed by atoms with Gasteiger partial charge in [0.2, 0.25) is 0 Å². The Morgan fingerprint density at radius 1 is 1.44 bits per heavy atom. The molecular formula is C10H15N5O. The molecule has 2 heterocycles. The van der Waals surface area contributed by atoms with E-state index in [1.54, 1.807) is 21.8 Å². The van der Waals surface area contributed by atoms with Crippen molar-refractivity contribution in [2.45, 2.75) is 26.0 Å². The Bertz CT molecular complexity index is 461. The Labute approximate surface area is 93.5 Å². The first-order valence-corrected chi connectivity index (χ1v) is 5.24. The van der Waals surface area contributed by atoms with Gasteiger partial charge in [0.1, 0.15) is 5.69 Å². The van der Waals surface area contributed by atoms with E-state index in [0.29, 0.717) is 18.7 Å². The molecule has 0 aliphatic rings. The van der Waals surface area contributed by atoms with E-state index in [2.05, 4.69) is 15.4 Å². The lowest BCUT2D eigenvalue weighted by Crippen LogP contribution is -1.99. The molecule has 1 atom stereocenters. The average Bonchev–Trinajstić information content (AvgIpc) is 2.87. The van der Waals surface area contributed by atoms with Crippen LogP contribution in [0, 0.1) is 0 Å². The monoisotopic (exact) mass is 221 g/mol. The van der Waals surface area contributed by atoms with E-state index in [9.17, 15) is 5.11 Å². The van der Waals surface area contributed by atoms with Crippen molar-refractivity contribution in [2.24, 2.45) is 7.05 Å². The summed E-state index contributed by atoms with van der Waals surface area (Å²) in [6, 6.07) is 0. The number of aryl methyl sites for hydroxylation is 1. The van der Waals surface area contributed by atoms with Gasteiger partial charge in [-0.2, -0.15) is 5.10 Å². The van der Waals surface area contributed by atoms with Crippen LogP contribution in [-0.4, -0.2) is 29.9 Å². The van der Waals surface area contributed by atoms with Crippen molar-refractivity contribution in [3.05, 3.63) is 29.8 Å². The molecule has 0 saturated carbocycles. The molecule has 86 valence electrons. The van der Waals surface area contributed by atoms with Crippen molar-refractivity contribution in [2.75, 3.05) is 0 Å². The average molecular weight is 221 g/mol. The molecule has 1 unspecified atom stereocenters. The Morgan fingerprint density at radius 2 is 2.25 bits per heavy atom. The summed E-state index contributed by atoms with van der Waals surface area (Å²) in [7, 11) is 1.87. The molecule has 16 heavy (non-hydrogen) atoms. The van der Waals surface area contributed by atoms with Gasteiger partial charge in [0.15, 0.2) is 0 Å². The zero-order valence-electron chi connectivity index (χ0n) is 9.41. The summed E-state index contributed by atoms with van der Waals surface area (Å²) in [6.07, 6.45) is 5.60. The van der Waals surface area contributed by atoms with Gasteiger partial charge >= 0.3 is 0 Å². The van der Waals surface area contributed by atoms with Crippen LogP contribution in [0.3, 0.4) is 0 Å². The van der Waals surface area contributed by atoms with Crippen LogP contribution in [0.15, 0.2) is 18.6 Å². The van der Waals surface area contributed by atoms with Crippen molar-refractivity contribution < 1.29 is 5.11 Å². The molecule has 0 aliphatic heterocycles. The summed E-state index contributed by atoms with van der Waals surface area (Å²) >= 11 is 0. The molecule has 0 bridgehead atoms. The number of rotatable bonds is 4. The highest BCUT2D eigenvalue weighted by atomic mass is 16.3. The number of hydrogen-bond donors (Lipinski definition) is 1. The number of hydrogen-bond acceptors (Lipinski definition) is 4. The number of aromatic nitrogens is 5. The number of aliphatic hydroxyl groups excluding tert-OH is 1. The summed E-state index contributed by atoms with van der Waals surface area (Å²) < 4.78 is 3.44. The van der Waals surface area contributed by atoms with Gasteiger partial charge in [-0.25, -0.2) is 4.68 Å². The Hall–Kier alpha value is -1.69. The molecule has 2 rings (SSSR count). The van der Waals surface area contributed by atoms with Crippen LogP contribution in [0.1, 0.15) is 30.7 Å². The third-order valence-corrected chi connectivity index (χ3v) is 2.39. The van der Waals surface area contributed by atoms with Gasteiger partial charge in [0, 0.05) is 18.8 Å². The molecule has 0 aliphatic carbocycles. The first-order valence-electron chi connectivity index (χ1n) is 5.24. The van der Waals surface area contributed by atoms with E-state index in [0.717, 1.165) is 5.56 Å². The van der Waals surface area contributed by atoms with Gasteiger partial charge in [-0.05, 0) is 6.42 Å². The van der Waals surface area contributed by atoms with E-state index in [4.69, 9.17) is 0 Å². The maximum atomic E-state index is 9.58. The summed E-state index contributed by atoms with van der Waals surface area (Å²) in [4.78, 5) is 0. The summed E-state index contributed by atoms with van der Waals surface area (Å²) in [5, 5.41) is 21.5. The summed E-state index contributed by atoms with van der Waals surface area (Å²) in [5.74, 6) is 0. The van der Waals surface area contributed by atoms with Crippen LogP contribution < -0.4 is 0 Å². The summed E-state index contributed by atoms with van der Waals surface area (Å²) in [5.41, 5.74) is 1.68. The van der Waals surface area contributed by atoms with Gasteiger partial charge in [-0.15, -0.1) is 5.10 Å². The van der Waals surface area contributed by atoms with Crippen LogP contribution in [0.5, 0.6) is 0 Å². The quantitative estimate of drug-likeness (QED) is 0.816. The van der Waals surface area contributed by atoms with Crippen molar-refractivity contribution in [1.82, 2.24) is 24.8 Å². The Balaban J connectivity index is 2.08. The fourth-order valence-corrected chi connectivity index (χ4v) is 1.49. The Morgan fingerprint density at radius 3 is 2.88 bits per heavy atom. The predicted molar refractivity (Wildman–Crippen MR) is 57.6 cm³/mol. The smallest absolute Gasteiger partial charge is 0.111 e. The number of nitrogens with zero attached hydrogens (tertiary/aromatic N) is 5. The fourth-order valence-electron chi connectivity index (χ4n) is 1.49. The van der Waals surface area contributed by atoms with E-state index in [1.807, 2.05) is 20.2 Å². The van der Waals surface area contributed by atoms with Crippen LogP contribution in [0.4, 0.5) is 0 Å². The van der Waals surface area contributed by atoms with E-state index in [-0.39, 0.29) is 0 Å². The minimum atomic E-state index is -0.525. The maximum absolute atomic E-state index is 9.58. The highest BCUT2D eigenvalue weighted by Gasteiger charge is 2.09. The molecule has 1 N–H and O–H groups in total. The van der Waals surface area contributed by atoms with Crippen LogP contribution in [0.2, 0.25) is 0 Å². The van der Waals surface area contributed by atoms with E-state index in [1.165, 1.54) is 0 Å². The third-order valence-electron chi connectivity index (χ3n) is 2.39. The zero-order chi connectivity index (χ0) is 11.5. The van der Waals surface area contributed by atoms with Gasteiger partial charge in [0.05, 0.1) is 25.0 Å². The SMILES string of the molecule is CCC(O)c1cn(Cc2cnn(C)c2)nn1. The van der Waals surface area contributed by atoms with Crippen LogP contribution >= 0.6 is 0 Å². The lowest BCUT2D eigenvalue weighted by molar-refractivity contribution is 0.168. The van der Waals surface area contributed by atoms with E-state index >= 15 is 0 Å². The van der Waals surface area contributed by atoms with E-state index < -0.39 is 6.10 Å². The van der Waals surface area contributed by atoms with Gasteiger partial charge in [-0.1, -0.05) is 12.1 Å². The van der Waals surface area contributed by atoms with Gasteiger partial charge in [0.25, 0.3) is 0 Å². The minimum absolute atomic E-state index is 0.525. The molecule has 0 aromatic carbocycles. The van der Waals surface area contributed by atoms with Crippen molar-refractivity contribution >= 4 is 0 Å². The van der Waals surface area contributed by atoms with Crippen LogP contribution in [-0.2, 0) is 13.6 Å². The number of aliphatic hydroxyl groups is 1. The normalized spacial score (nSPS) is 12.9. The lowest BCUT2D eigenvalue weighted by atomic mass is 10.2. The van der Waals surface area contributed by atoms with Crippen molar-refractivity contribution in [3.63, 3.8) is 0 Å². The molecule has 6 heteroatoms. The fraction of sp³-hybridized carbons (Fsp3) is 0.500. The second-order valence-corrected chi connectivity index (χ2v) is 3.79. The second-order valence-electron chi connectivity index (χ2n) is 3.79. The van der Waals surface area contributed by atoms with Crippen molar-refractivity contribution in [1.29, 1.82) is 0 Å². The van der Waals surface area contributed by atoms with Gasteiger partial charge in [-0.3, -0.25) is 4.68 Å². The topological polar surface area (TPSA) is 68.8 Å². The molecule has 0 radical (unpaired) electrons. The first kappa shape index (κ1) is 10.8. The zero-order valence-corrected chi connectivity index (χ0v) is 9.41. The second kappa shape index (κ2) is 4.44. The molecule has 2 aromatic rings. The predicted octanol–water partition coefficient (Wildman–Crippen LogP) is 0.503. The first-order chi connectivity index (χ1) is 7.69. The van der Waals surface area contributed by atoms with Gasteiger partial charge < -0.3 is 5.11 Å². The molecule has 2 aromatic heterocycles. The molecule has 0 fully saturated rings. The van der Waals surface area contributed by atoms with Crippen molar-refractivity contribution in [3.8, 4) is 0 Å². The molecule has 0 spiro atoms. The maximum Gasteiger partial charge on any atom is 0.111 e. The minimum Gasteiger partial charge on any atom is -0.387 e. The molecular weight excluding hydrogens is 206 g/mol. The standard InChI is InChI=1S/C10H15N5O/c1-3-10(16)9-7-15(13-12-9)6-8-4-11-14(2)5-8/h4-5,7,10,16H,3,6H2,1-2H3. The molecule has 0 amide bonds. The molecule has 6 nitrogen and oxygen atoms in total. The Kier molecular flexibility index (Phi) is 3.00. The highest BCUT2D eigenvalue weighted by Crippen LogP contribution is 2.12. The lowest BCUT2D eigenvalue weighted by Gasteiger charge is -2.00. The largest absolute Gasteiger partial charge is 0.387 e. The molecule has 0 saturated heterocycles. The highest BCUT2D eigenvalue weighted by molar-refractivity contribution is 5.05. The van der Waals surface area contributed by atoms with Crippen LogP contribution in [0.25, 0.3) is 0 Å². The summed E-state index contributed by atoms with van der Waals surface area (Å²) in [6.45, 7) is 2.53.